The summed E-state index contributed by atoms with van der Waals surface area (Å²) in [7, 11) is 0. The lowest BCUT2D eigenvalue weighted by Gasteiger charge is -2.09. The molecule has 4 heteroatoms. The van der Waals surface area contributed by atoms with Crippen LogP contribution in [-0.2, 0) is 4.74 Å². The molecular formula is C8H20N2OS. The Balaban J connectivity index is 2.97. The zero-order chi connectivity index (χ0) is 9.23. The van der Waals surface area contributed by atoms with Crippen molar-refractivity contribution in [2.75, 3.05) is 32.1 Å². The highest BCUT2D eigenvalue weighted by atomic mass is 32.2. The lowest BCUT2D eigenvalue weighted by molar-refractivity contribution is 0.158. The molecule has 0 aliphatic carbocycles. The summed E-state index contributed by atoms with van der Waals surface area (Å²) in [6.07, 6.45) is 1.08. The Morgan fingerprint density at radius 3 is 2.58 bits per heavy atom. The van der Waals surface area contributed by atoms with Gasteiger partial charge in [0, 0.05) is 17.5 Å². The van der Waals surface area contributed by atoms with Gasteiger partial charge >= 0.3 is 0 Å². The van der Waals surface area contributed by atoms with Crippen LogP contribution in [0, 0.1) is 0 Å². The monoisotopic (exact) mass is 192 g/mol. The van der Waals surface area contributed by atoms with Crippen LogP contribution in [-0.4, -0.2) is 37.3 Å². The molecule has 0 aromatic rings. The summed E-state index contributed by atoms with van der Waals surface area (Å²) < 4.78 is 5.23. The first-order valence-electron chi connectivity index (χ1n) is 4.40. The van der Waals surface area contributed by atoms with Crippen molar-refractivity contribution in [3.63, 3.8) is 0 Å². The van der Waals surface area contributed by atoms with Gasteiger partial charge in [0.1, 0.15) is 0 Å². The molecule has 0 radical (unpaired) electrons. The van der Waals surface area contributed by atoms with Gasteiger partial charge in [-0.05, 0) is 13.0 Å². The van der Waals surface area contributed by atoms with Gasteiger partial charge in [0.15, 0.2) is 0 Å². The van der Waals surface area contributed by atoms with Crippen LogP contribution in [0.5, 0.6) is 0 Å². The van der Waals surface area contributed by atoms with E-state index in [1.165, 1.54) is 0 Å². The van der Waals surface area contributed by atoms with Gasteiger partial charge in [-0.3, -0.25) is 0 Å². The van der Waals surface area contributed by atoms with Gasteiger partial charge in [-0.25, -0.2) is 0 Å². The summed E-state index contributed by atoms with van der Waals surface area (Å²) in [5.41, 5.74) is 10.7. The fourth-order valence-corrected chi connectivity index (χ4v) is 1.73. The Kier molecular flexibility index (Phi) is 9.50. The molecule has 0 saturated heterocycles. The van der Waals surface area contributed by atoms with E-state index in [1.807, 2.05) is 11.8 Å². The first-order chi connectivity index (χ1) is 5.81. The molecule has 0 rings (SSSR count). The second-order valence-electron chi connectivity index (χ2n) is 2.66. The van der Waals surface area contributed by atoms with Crippen LogP contribution in [0.25, 0.3) is 0 Å². The molecule has 0 heterocycles. The van der Waals surface area contributed by atoms with Gasteiger partial charge in [0.2, 0.25) is 0 Å². The molecule has 0 bridgehead atoms. The van der Waals surface area contributed by atoms with Crippen LogP contribution in [0.3, 0.4) is 0 Å². The van der Waals surface area contributed by atoms with Crippen LogP contribution >= 0.6 is 11.8 Å². The van der Waals surface area contributed by atoms with Crippen molar-refractivity contribution in [1.29, 1.82) is 0 Å². The van der Waals surface area contributed by atoms with Gasteiger partial charge < -0.3 is 16.2 Å². The van der Waals surface area contributed by atoms with Crippen molar-refractivity contribution in [3.8, 4) is 0 Å². The molecule has 0 aromatic carbocycles. The molecular weight excluding hydrogens is 172 g/mol. The maximum absolute atomic E-state index is 5.42. The van der Waals surface area contributed by atoms with Crippen LogP contribution in [0.2, 0.25) is 0 Å². The first-order valence-corrected chi connectivity index (χ1v) is 5.45. The molecule has 0 fully saturated rings. The van der Waals surface area contributed by atoms with Crippen LogP contribution < -0.4 is 11.5 Å². The van der Waals surface area contributed by atoms with Gasteiger partial charge in [0.25, 0.3) is 0 Å². The number of nitrogens with two attached hydrogens (primary N) is 2. The number of hydrogen-bond acceptors (Lipinski definition) is 4. The van der Waals surface area contributed by atoms with E-state index in [-0.39, 0.29) is 0 Å². The summed E-state index contributed by atoms with van der Waals surface area (Å²) in [6, 6.07) is 0. The Morgan fingerprint density at radius 1 is 1.25 bits per heavy atom. The first kappa shape index (κ1) is 12.2. The fraction of sp³-hybridized carbons (Fsp3) is 1.00. The third kappa shape index (κ3) is 8.33. The number of ether oxygens (including phenoxy) is 1. The van der Waals surface area contributed by atoms with Crippen molar-refractivity contribution in [3.05, 3.63) is 0 Å². The quantitative estimate of drug-likeness (QED) is 0.548. The van der Waals surface area contributed by atoms with E-state index in [2.05, 4.69) is 6.92 Å². The Labute approximate surface area is 79.2 Å². The molecule has 3 nitrogen and oxygen atoms in total. The number of thioether (sulfide) groups is 1. The van der Waals surface area contributed by atoms with Crippen LogP contribution in [0.4, 0.5) is 0 Å². The maximum Gasteiger partial charge on any atom is 0.0589 e. The average molecular weight is 192 g/mol. The van der Waals surface area contributed by atoms with Crippen LogP contribution in [0.1, 0.15) is 13.3 Å². The second kappa shape index (κ2) is 9.32. The van der Waals surface area contributed by atoms with E-state index in [9.17, 15) is 0 Å². The van der Waals surface area contributed by atoms with E-state index in [0.717, 1.165) is 25.3 Å². The maximum atomic E-state index is 5.42. The Morgan fingerprint density at radius 2 is 2.00 bits per heavy atom. The molecule has 0 aromatic heterocycles. The minimum absolute atomic E-state index is 0.614. The Bertz CT molecular complexity index is 93.1. The molecule has 0 amide bonds. The zero-order valence-corrected chi connectivity index (χ0v) is 8.61. The lowest BCUT2D eigenvalue weighted by Crippen LogP contribution is -2.12. The van der Waals surface area contributed by atoms with Gasteiger partial charge in [-0.2, -0.15) is 11.8 Å². The number of hydrogen-bond donors (Lipinski definition) is 2. The largest absolute Gasteiger partial charge is 0.379 e. The molecule has 0 aliphatic heterocycles. The summed E-state index contributed by atoms with van der Waals surface area (Å²) in [4.78, 5) is 0. The minimum atomic E-state index is 0.614. The molecule has 0 saturated carbocycles. The van der Waals surface area contributed by atoms with Crippen molar-refractivity contribution in [2.45, 2.75) is 18.6 Å². The van der Waals surface area contributed by atoms with Gasteiger partial charge in [0.05, 0.1) is 13.2 Å². The SMILES string of the molecule is CC(CCN)SCCOCCN. The molecule has 0 aliphatic rings. The highest BCUT2D eigenvalue weighted by Gasteiger charge is 1.99. The van der Waals surface area contributed by atoms with Crippen molar-refractivity contribution >= 4 is 11.8 Å². The molecule has 4 N–H and O–H groups in total. The van der Waals surface area contributed by atoms with E-state index >= 15 is 0 Å². The molecule has 74 valence electrons. The normalized spacial score (nSPS) is 13.2. The van der Waals surface area contributed by atoms with Crippen molar-refractivity contribution < 1.29 is 4.74 Å². The topological polar surface area (TPSA) is 61.3 Å². The average Bonchev–Trinajstić information content (AvgIpc) is 2.05. The molecule has 12 heavy (non-hydrogen) atoms. The lowest BCUT2D eigenvalue weighted by atomic mass is 10.3. The smallest absolute Gasteiger partial charge is 0.0589 e. The van der Waals surface area contributed by atoms with Crippen molar-refractivity contribution in [2.24, 2.45) is 11.5 Å². The summed E-state index contributed by atoms with van der Waals surface area (Å²) in [6.45, 7) is 5.06. The predicted octanol–water partition coefficient (Wildman–Crippen LogP) is 0.432. The second-order valence-corrected chi connectivity index (χ2v) is 4.21. The van der Waals surface area contributed by atoms with E-state index < -0.39 is 0 Å². The highest BCUT2D eigenvalue weighted by Crippen LogP contribution is 2.12. The van der Waals surface area contributed by atoms with E-state index in [4.69, 9.17) is 16.2 Å². The summed E-state index contributed by atoms with van der Waals surface area (Å²) >= 11 is 1.91. The van der Waals surface area contributed by atoms with Gasteiger partial charge in [-0.1, -0.05) is 6.92 Å². The Hall–Kier alpha value is 0.230. The number of rotatable bonds is 8. The molecule has 1 atom stereocenters. The van der Waals surface area contributed by atoms with E-state index in [1.54, 1.807) is 0 Å². The van der Waals surface area contributed by atoms with Gasteiger partial charge in [-0.15, -0.1) is 0 Å². The van der Waals surface area contributed by atoms with E-state index in [0.29, 0.717) is 18.4 Å². The van der Waals surface area contributed by atoms with Crippen molar-refractivity contribution in [1.82, 2.24) is 0 Å². The zero-order valence-electron chi connectivity index (χ0n) is 7.79. The summed E-state index contributed by atoms with van der Waals surface area (Å²) in [5, 5.41) is 0.650. The standard InChI is InChI=1S/C8H20N2OS/c1-8(2-3-9)12-7-6-11-5-4-10/h8H,2-7,9-10H2,1H3. The highest BCUT2D eigenvalue weighted by molar-refractivity contribution is 7.99. The third-order valence-electron chi connectivity index (χ3n) is 1.47. The van der Waals surface area contributed by atoms with Crippen LogP contribution in [0.15, 0.2) is 0 Å². The fourth-order valence-electron chi connectivity index (χ4n) is 0.812. The predicted molar refractivity (Wildman–Crippen MR) is 55.5 cm³/mol. The summed E-state index contributed by atoms with van der Waals surface area (Å²) in [5.74, 6) is 1.04. The molecule has 0 spiro atoms. The third-order valence-corrected chi connectivity index (χ3v) is 2.67. The minimum Gasteiger partial charge on any atom is -0.379 e. The molecule has 1 unspecified atom stereocenters.